The Bertz CT molecular complexity index is 976. The summed E-state index contributed by atoms with van der Waals surface area (Å²) < 4.78 is 13.0. The van der Waals surface area contributed by atoms with Crippen LogP contribution in [-0.4, -0.2) is 21.1 Å². The molecule has 1 aromatic carbocycles. The molecule has 8 heteroatoms. The summed E-state index contributed by atoms with van der Waals surface area (Å²) in [6.45, 7) is 0.0598. The highest BCUT2D eigenvalue weighted by Crippen LogP contribution is 2.17. The lowest BCUT2D eigenvalue weighted by molar-refractivity contribution is 0.0949. The van der Waals surface area contributed by atoms with E-state index in [2.05, 4.69) is 20.5 Å². The second kappa shape index (κ2) is 7.23. The molecule has 0 saturated carbocycles. The van der Waals surface area contributed by atoms with Crippen LogP contribution in [0.2, 0.25) is 5.02 Å². The van der Waals surface area contributed by atoms with E-state index in [0.29, 0.717) is 16.8 Å². The zero-order chi connectivity index (χ0) is 17.8. The fourth-order valence-electron chi connectivity index (χ4n) is 2.18. The van der Waals surface area contributed by atoms with Crippen LogP contribution in [0.25, 0.3) is 11.3 Å². The highest BCUT2D eigenvalue weighted by atomic mass is 35.5. The number of halogens is 2. The lowest BCUT2D eigenvalue weighted by Crippen LogP contribution is -2.29. The summed E-state index contributed by atoms with van der Waals surface area (Å²) in [6.07, 6.45) is 3.16. The number of nitrogens with zero attached hydrogens (tertiary/aromatic N) is 2. The van der Waals surface area contributed by atoms with E-state index in [1.165, 1.54) is 18.2 Å². The van der Waals surface area contributed by atoms with Gasteiger partial charge in [0.1, 0.15) is 11.4 Å². The maximum Gasteiger partial charge on any atom is 0.277 e. The van der Waals surface area contributed by atoms with E-state index in [0.717, 1.165) is 6.07 Å². The summed E-state index contributed by atoms with van der Waals surface area (Å²) in [6, 6.07) is 8.69. The minimum atomic E-state index is -0.611. The van der Waals surface area contributed by atoms with E-state index in [-0.39, 0.29) is 17.1 Å². The molecule has 0 aliphatic heterocycles. The molecule has 2 N–H and O–H groups in total. The first-order chi connectivity index (χ1) is 12.0. The quantitative estimate of drug-likeness (QED) is 0.750. The second-order valence-corrected chi connectivity index (χ2v) is 5.56. The first-order valence-corrected chi connectivity index (χ1v) is 7.64. The largest absolute Gasteiger partial charge is 0.348 e. The van der Waals surface area contributed by atoms with Crippen molar-refractivity contribution in [2.45, 2.75) is 6.54 Å². The van der Waals surface area contributed by atoms with Crippen LogP contribution in [0, 0.1) is 5.82 Å². The average molecular weight is 359 g/mol. The van der Waals surface area contributed by atoms with E-state index in [1.54, 1.807) is 24.5 Å². The molecule has 3 rings (SSSR count). The number of amides is 1. The molecule has 6 nitrogen and oxygen atoms in total. The Kier molecular flexibility index (Phi) is 4.85. The van der Waals surface area contributed by atoms with Gasteiger partial charge in [-0.2, -0.15) is 5.10 Å². The second-order valence-electron chi connectivity index (χ2n) is 5.15. The molecule has 0 unspecified atom stereocenters. The first kappa shape index (κ1) is 16.8. The Balaban J connectivity index is 1.81. The number of pyridine rings is 1. The van der Waals surface area contributed by atoms with Crippen molar-refractivity contribution >= 4 is 17.5 Å². The van der Waals surface area contributed by atoms with Crippen molar-refractivity contribution < 1.29 is 9.18 Å². The number of hydrogen-bond acceptors (Lipinski definition) is 4. The third kappa shape index (κ3) is 3.89. The highest BCUT2D eigenvalue weighted by molar-refractivity contribution is 6.31. The molecule has 0 fully saturated rings. The number of carbonyl (C=O) groups excluding carboxylic acids is 1. The van der Waals surface area contributed by atoms with Crippen molar-refractivity contribution in [3.8, 4) is 11.3 Å². The van der Waals surface area contributed by atoms with Gasteiger partial charge in [0.25, 0.3) is 11.5 Å². The molecule has 0 bridgehead atoms. The summed E-state index contributed by atoms with van der Waals surface area (Å²) in [5, 5.41) is 9.01. The minimum Gasteiger partial charge on any atom is -0.348 e. The van der Waals surface area contributed by atoms with Gasteiger partial charge in [0, 0.05) is 29.5 Å². The molecule has 0 aliphatic carbocycles. The number of carbonyl (C=O) groups is 1. The molecule has 3 aromatic rings. The lowest BCUT2D eigenvalue weighted by atomic mass is 10.1. The number of hydrogen-bond donors (Lipinski definition) is 2. The molecule has 2 heterocycles. The third-order valence-corrected chi connectivity index (χ3v) is 3.83. The molecular formula is C17H12ClFN4O2. The molecule has 2 aromatic heterocycles. The van der Waals surface area contributed by atoms with Crippen LogP contribution in [-0.2, 0) is 6.54 Å². The Morgan fingerprint density at radius 2 is 1.96 bits per heavy atom. The van der Waals surface area contributed by atoms with Gasteiger partial charge >= 0.3 is 0 Å². The van der Waals surface area contributed by atoms with E-state index < -0.39 is 17.3 Å². The standard InChI is InChI=1S/C17H12ClFN4O2/c18-14-7-12(19)2-1-11(14)9-21-16(24)13-8-15(22-23-17(13)25)10-3-5-20-6-4-10/h1-8H,9H2,(H,21,24)(H,23,25). The molecule has 0 aliphatic rings. The van der Waals surface area contributed by atoms with Gasteiger partial charge in [-0.25, -0.2) is 9.49 Å². The highest BCUT2D eigenvalue weighted by Gasteiger charge is 2.13. The van der Waals surface area contributed by atoms with Crippen molar-refractivity contribution in [3.05, 3.63) is 81.1 Å². The zero-order valence-electron chi connectivity index (χ0n) is 12.8. The summed E-state index contributed by atoms with van der Waals surface area (Å²) in [5.74, 6) is -1.05. The number of aromatic amines is 1. The van der Waals surface area contributed by atoms with E-state index >= 15 is 0 Å². The molecule has 25 heavy (non-hydrogen) atoms. The number of H-pyrrole nitrogens is 1. The van der Waals surface area contributed by atoms with E-state index in [4.69, 9.17) is 11.6 Å². The zero-order valence-corrected chi connectivity index (χ0v) is 13.5. The Morgan fingerprint density at radius 3 is 2.68 bits per heavy atom. The van der Waals surface area contributed by atoms with Gasteiger partial charge in [-0.15, -0.1) is 0 Å². The van der Waals surface area contributed by atoms with Crippen LogP contribution >= 0.6 is 11.6 Å². The van der Waals surface area contributed by atoms with Crippen LogP contribution in [0.4, 0.5) is 4.39 Å². The van der Waals surface area contributed by atoms with Gasteiger partial charge in [-0.3, -0.25) is 14.6 Å². The Labute approximate surface area is 146 Å². The van der Waals surface area contributed by atoms with Crippen LogP contribution < -0.4 is 10.9 Å². The van der Waals surface area contributed by atoms with E-state index in [1.807, 2.05) is 0 Å². The SMILES string of the molecule is O=C(NCc1ccc(F)cc1Cl)c1cc(-c2ccncc2)n[nH]c1=O. The summed E-state index contributed by atoms with van der Waals surface area (Å²) in [7, 11) is 0. The van der Waals surface area contributed by atoms with Crippen LogP contribution in [0.3, 0.4) is 0 Å². The molecule has 0 radical (unpaired) electrons. The van der Waals surface area contributed by atoms with Crippen molar-refractivity contribution in [2.24, 2.45) is 0 Å². The van der Waals surface area contributed by atoms with Crippen LogP contribution in [0.1, 0.15) is 15.9 Å². The van der Waals surface area contributed by atoms with Crippen molar-refractivity contribution in [1.82, 2.24) is 20.5 Å². The lowest BCUT2D eigenvalue weighted by Gasteiger charge is -2.07. The molecule has 0 saturated heterocycles. The van der Waals surface area contributed by atoms with Crippen LogP contribution in [0.15, 0.2) is 53.6 Å². The van der Waals surface area contributed by atoms with Gasteiger partial charge in [0.05, 0.1) is 5.69 Å². The fourth-order valence-corrected chi connectivity index (χ4v) is 2.41. The predicted octanol–water partition coefficient (Wildman–Crippen LogP) is 2.55. The first-order valence-electron chi connectivity index (χ1n) is 7.27. The molecule has 0 atom stereocenters. The monoisotopic (exact) mass is 358 g/mol. The molecule has 126 valence electrons. The van der Waals surface area contributed by atoms with Gasteiger partial charge in [-0.05, 0) is 35.9 Å². The molecular weight excluding hydrogens is 347 g/mol. The summed E-state index contributed by atoms with van der Waals surface area (Å²) >= 11 is 5.92. The normalized spacial score (nSPS) is 10.5. The van der Waals surface area contributed by atoms with Gasteiger partial charge < -0.3 is 5.32 Å². The topological polar surface area (TPSA) is 87.7 Å². The van der Waals surface area contributed by atoms with Gasteiger partial charge in [-0.1, -0.05) is 17.7 Å². The predicted molar refractivity (Wildman–Crippen MR) is 90.7 cm³/mol. The van der Waals surface area contributed by atoms with Crippen molar-refractivity contribution in [2.75, 3.05) is 0 Å². The maximum absolute atomic E-state index is 13.0. The molecule has 1 amide bonds. The minimum absolute atomic E-state index is 0.0598. The summed E-state index contributed by atoms with van der Waals surface area (Å²) in [4.78, 5) is 28.1. The number of aromatic nitrogens is 3. The van der Waals surface area contributed by atoms with Crippen molar-refractivity contribution in [3.63, 3.8) is 0 Å². The summed E-state index contributed by atoms with van der Waals surface area (Å²) in [5.41, 5.74) is 0.991. The van der Waals surface area contributed by atoms with Gasteiger partial charge in [0.15, 0.2) is 0 Å². The average Bonchev–Trinajstić information content (AvgIpc) is 2.62. The Hall–Kier alpha value is -3.06. The number of rotatable bonds is 4. The Morgan fingerprint density at radius 1 is 1.20 bits per heavy atom. The van der Waals surface area contributed by atoms with Gasteiger partial charge in [0.2, 0.25) is 0 Å². The number of nitrogens with one attached hydrogen (secondary N) is 2. The molecule has 0 spiro atoms. The smallest absolute Gasteiger partial charge is 0.277 e. The fraction of sp³-hybridized carbons (Fsp3) is 0.0588. The van der Waals surface area contributed by atoms with E-state index in [9.17, 15) is 14.0 Å². The number of benzene rings is 1. The third-order valence-electron chi connectivity index (χ3n) is 3.48. The van der Waals surface area contributed by atoms with Crippen molar-refractivity contribution in [1.29, 1.82) is 0 Å². The van der Waals surface area contributed by atoms with Crippen LogP contribution in [0.5, 0.6) is 0 Å². The maximum atomic E-state index is 13.0.